The normalized spacial score (nSPS) is 11.5. The Balaban J connectivity index is 1.73. The summed E-state index contributed by atoms with van der Waals surface area (Å²) in [6.45, 7) is 3.60. The van der Waals surface area contributed by atoms with Crippen LogP contribution in [-0.2, 0) is 9.59 Å². The summed E-state index contributed by atoms with van der Waals surface area (Å²) in [5, 5.41) is 0.606. The van der Waals surface area contributed by atoms with Crippen LogP contribution in [0.2, 0.25) is 5.02 Å². The van der Waals surface area contributed by atoms with Gasteiger partial charge in [-0.05, 0) is 42.2 Å². The van der Waals surface area contributed by atoms with Gasteiger partial charge in [-0.15, -0.1) is 0 Å². The van der Waals surface area contributed by atoms with E-state index in [1.165, 1.54) is 0 Å². The van der Waals surface area contributed by atoms with E-state index in [4.69, 9.17) is 16.3 Å². The van der Waals surface area contributed by atoms with Gasteiger partial charge in [0.05, 0.1) is 0 Å². The number of halogens is 1. The second-order valence-corrected chi connectivity index (χ2v) is 6.25. The number of carbonyl (C=O) groups excluding carboxylic acids is 2. The maximum absolute atomic E-state index is 11.9. The third kappa shape index (κ3) is 6.12. The van der Waals surface area contributed by atoms with Crippen molar-refractivity contribution < 1.29 is 14.3 Å². The quantitative estimate of drug-likeness (QED) is 0.776. The number of benzene rings is 2. The van der Waals surface area contributed by atoms with Crippen LogP contribution in [0.15, 0.2) is 48.5 Å². The van der Waals surface area contributed by atoms with Gasteiger partial charge in [0.1, 0.15) is 5.75 Å². The van der Waals surface area contributed by atoms with Gasteiger partial charge < -0.3 is 4.74 Å². The molecule has 1 atom stereocenters. The molecule has 0 aliphatic heterocycles. The zero-order chi connectivity index (χ0) is 18.2. The van der Waals surface area contributed by atoms with Crippen molar-refractivity contribution in [1.29, 1.82) is 0 Å². The Morgan fingerprint density at radius 1 is 1.08 bits per heavy atom. The Labute approximate surface area is 152 Å². The van der Waals surface area contributed by atoms with Crippen LogP contribution in [0, 0.1) is 6.92 Å². The van der Waals surface area contributed by atoms with Gasteiger partial charge in [-0.2, -0.15) is 0 Å². The van der Waals surface area contributed by atoms with Crippen LogP contribution in [0.5, 0.6) is 5.75 Å². The van der Waals surface area contributed by atoms with Crippen LogP contribution in [0.25, 0.3) is 0 Å². The summed E-state index contributed by atoms with van der Waals surface area (Å²) in [5.41, 5.74) is 6.66. The van der Waals surface area contributed by atoms with Crippen LogP contribution in [-0.4, -0.2) is 18.4 Å². The molecule has 2 amide bonds. The minimum atomic E-state index is -0.435. The molecular formula is C19H21ClN2O3. The number of nitrogens with one attached hydrogen (secondary N) is 2. The molecule has 5 nitrogen and oxygen atoms in total. The second kappa shape index (κ2) is 9.08. The van der Waals surface area contributed by atoms with E-state index in [-0.39, 0.29) is 24.9 Å². The van der Waals surface area contributed by atoms with E-state index in [9.17, 15) is 9.59 Å². The van der Waals surface area contributed by atoms with E-state index in [0.717, 1.165) is 11.1 Å². The Bertz CT molecular complexity index is 735. The maximum atomic E-state index is 11.9. The van der Waals surface area contributed by atoms with Gasteiger partial charge >= 0.3 is 0 Å². The average molecular weight is 361 g/mol. The minimum Gasteiger partial charge on any atom is -0.483 e. The molecule has 2 aromatic rings. The van der Waals surface area contributed by atoms with Crippen LogP contribution >= 0.6 is 11.6 Å². The molecule has 0 heterocycles. The minimum absolute atomic E-state index is 0.0612. The van der Waals surface area contributed by atoms with Gasteiger partial charge in [0.25, 0.3) is 5.91 Å². The Morgan fingerprint density at radius 2 is 1.76 bits per heavy atom. The predicted octanol–water partition coefficient (Wildman–Crippen LogP) is 3.37. The van der Waals surface area contributed by atoms with E-state index >= 15 is 0 Å². The number of hydrogen-bond acceptors (Lipinski definition) is 3. The van der Waals surface area contributed by atoms with Crippen molar-refractivity contribution >= 4 is 23.4 Å². The fourth-order valence-electron chi connectivity index (χ4n) is 2.32. The molecule has 25 heavy (non-hydrogen) atoms. The first-order valence-electron chi connectivity index (χ1n) is 7.97. The summed E-state index contributed by atoms with van der Waals surface area (Å²) < 4.78 is 5.41. The number of ether oxygens (including phenoxy) is 1. The molecule has 0 fully saturated rings. The van der Waals surface area contributed by atoms with Crippen molar-refractivity contribution in [2.45, 2.75) is 26.2 Å². The SMILES string of the molecule is Cc1cc(Cl)ccc1OCC(=O)NNC(=O)C[C@H](C)c1ccccc1. The van der Waals surface area contributed by atoms with Crippen molar-refractivity contribution in [3.05, 3.63) is 64.7 Å². The molecule has 0 spiro atoms. The van der Waals surface area contributed by atoms with E-state index in [2.05, 4.69) is 10.9 Å². The Kier molecular flexibility index (Phi) is 6.83. The van der Waals surface area contributed by atoms with Gasteiger partial charge in [0.2, 0.25) is 5.91 Å². The lowest BCUT2D eigenvalue weighted by Gasteiger charge is -2.13. The van der Waals surface area contributed by atoms with Gasteiger partial charge in [0.15, 0.2) is 6.61 Å². The molecule has 0 saturated heterocycles. The summed E-state index contributed by atoms with van der Waals surface area (Å²) in [6.07, 6.45) is 0.279. The van der Waals surface area contributed by atoms with Crippen molar-refractivity contribution in [2.24, 2.45) is 0 Å². The zero-order valence-corrected chi connectivity index (χ0v) is 15.0. The summed E-state index contributed by atoms with van der Waals surface area (Å²) >= 11 is 5.87. The molecule has 0 unspecified atom stereocenters. The molecule has 0 aromatic heterocycles. The number of aryl methyl sites for hydroxylation is 1. The first-order chi connectivity index (χ1) is 12.0. The fourth-order valence-corrected chi connectivity index (χ4v) is 2.55. The molecule has 0 radical (unpaired) electrons. The van der Waals surface area contributed by atoms with E-state index in [0.29, 0.717) is 10.8 Å². The molecular weight excluding hydrogens is 340 g/mol. The first kappa shape index (κ1) is 18.8. The number of carbonyl (C=O) groups is 2. The van der Waals surface area contributed by atoms with Crippen LogP contribution in [0.3, 0.4) is 0 Å². The van der Waals surface area contributed by atoms with E-state index in [1.54, 1.807) is 18.2 Å². The van der Waals surface area contributed by atoms with Crippen molar-refractivity contribution in [3.63, 3.8) is 0 Å². The van der Waals surface area contributed by atoms with E-state index < -0.39 is 5.91 Å². The summed E-state index contributed by atoms with van der Waals surface area (Å²) in [5.74, 6) is -0.0583. The summed E-state index contributed by atoms with van der Waals surface area (Å²) in [6, 6.07) is 14.9. The lowest BCUT2D eigenvalue weighted by atomic mass is 9.98. The lowest BCUT2D eigenvalue weighted by molar-refractivity contribution is -0.130. The van der Waals surface area contributed by atoms with Gasteiger partial charge in [-0.3, -0.25) is 20.4 Å². The molecule has 0 saturated carbocycles. The van der Waals surface area contributed by atoms with Crippen LogP contribution in [0.1, 0.15) is 30.4 Å². The van der Waals surface area contributed by atoms with Gasteiger partial charge in [-0.1, -0.05) is 48.9 Å². The molecule has 0 aliphatic rings. The average Bonchev–Trinajstić information content (AvgIpc) is 2.60. The number of amides is 2. The third-order valence-corrected chi connectivity index (χ3v) is 3.93. The highest BCUT2D eigenvalue weighted by atomic mass is 35.5. The van der Waals surface area contributed by atoms with Crippen molar-refractivity contribution in [2.75, 3.05) is 6.61 Å². The largest absolute Gasteiger partial charge is 0.483 e. The number of rotatable bonds is 6. The predicted molar refractivity (Wildman–Crippen MR) is 97.4 cm³/mol. The Morgan fingerprint density at radius 3 is 2.44 bits per heavy atom. The smallest absolute Gasteiger partial charge is 0.276 e. The topological polar surface area (TPSA) is 67.4 Å². The highest BCUT2D eigenvalue weighted by molar-refractivity contribution is 6.30. The highest BCUT2D eigenvalue weighted by Gasteiger charge is 2.12. The molecule has 0 aliphatic carbocycles. The fraction of sp³-hybridized carbons (Fsp3) is 0.263. The van der Waals surface area contributed by atoms with Crippen molar-refractivity contribution in [3.8, 4) is 5.75 Å². The van der Waals surface area contributed by atoms with Crippen LogP contribution in [0.4, 0.5) is 0 Å². The number of hydrogen-bond donors (Lipinski definition) is 2. The lowest BCUT2D eigenvalue weighted by Crippen LogP contribution is -2.44. The highest BCUT2D eigenvalue weighted by Crippen LogP contribution is 2.21. The molecule has 0 bridgehead atoms. The Hall–Kier alpha value is -2.53. The molecule has 2 rings (SSSR count). The van der Waals surface area contributed by atoms with Gasteiger partial charge in [0, 0.05) is 11.4 Å². The molecule has 2 aromatic carbocycles. The standard InChI is InChI=1S/C19H21ClN2O3/c1-13(15-6-4-3-5-7-15)11-18(23)21-22-19(24)12-25-17-9-8-16(20)10-14(17)2/h3-10,13H,11-12H2,1-2H3,(H,21,23)(H,22,24)/t13-/m0/s1. The molecule has 6 heteroatoms. The van der Waals surface area contributed by atoms with Crippen molar-refractivity contribution in [1.82, 2.24) is 10.9 Å². The number of hydrazine groups is 1. The summed E-state index contributed by atoms with van der Waals surface area (Å²) in [4.78, 5) is 23.7. The molecule has 2 N–H and O–H groups in total. The first-order valence-corrected chi connectivity index (χ1v) is 8.35. The second-order valence-electron chi connectivity index (χ2n) is 5.81. The molecule has 132 valence electrons. The third-order valence-electron chi connectivity index (χ3n) is 3.70. The van der Waals surface area contributed by atoms with Crippen LogP contribution < -0.4 is 15.6 Å². The maximum Gasteiger partial charge on any atom is 0.276 e. The van der Waals surface area contributed by atoms with Gasteiger partial charge in [-0.25, -0.2) is 0 Å². The monoisotopic (exact) mass is 360 g/mol. The summed E-state index contributed by atoms with van der Waals surface area (Å²) in [7, 11) is 0. The zero-order valence-electron chi connectivity index (χ0n) is 14.2. The van der Waals surface area contributed by atoms with E-state index in [1.807, 2.05) is 44.2 Å².